The lowest BCUT2D eigenvalue weighted by atomic mass is 10.0. The molecule has 0 radical (unpaired) electrons. The summed E-state index contributed by atoms with van der Waals surface area (Å²) in [5.74, 6) is 0.0170. The zero-order chi connectivity index (χ0) is 18.6. The summed E-state index contributed by atoms with van der Waals surface area (Å²) in [5.41, 5.74) is 9.56. The molecule has 0 saturated carbocycles. The monoisotopic (exact) mass is 396 g/mol. The van der Waals surface area contributed by atoms with E-state index in [1.807, 2.05) is 64.3 Å². The van der Waals surface area contributed by atoms with Gasteiger partial charge in [-0.2, -0.15) is 5.10 Å². The highest BCUT2D eigenvalue weighted by molar-refractivity contribution is 5.99. The third kappa shape index (κ3) is 4.43. The van der Waals surface area contributed by atoms with E-state index in [1.54, 1.807) is 0 Å². The average Bonchev–Trinajstić information content (AvgIpc) is 3.12. The Morgan fingerprint density at radius 1 is 1.07 bits per heavy atom. The molecule has 1 unspecified atom stereocenters. The van der Waals surface area contributed by atoms with Crippen LogP contribution in [0.4, 0.5) is 0 Å². The number of aromatic nitrogens is 2. The maximum atomic E-state index is 13.2. The molecule has 1 amide bonds. The first-order valence-corrected chi connectivity index (χ1v) is 9.42. The van der Waals surface area contributed by atoms with Gasteiger partial charge in [-0.15, -0.1) is 12.4 Å². The Morgan fingerprint density at radius 2 is 1.75 bits per heavy atom. The lowest BCUT2D eigenvalue weighted by molar-refractivity contribution is 0.0709. The van der Waals surface area contributed by atoms with Crippen LogP contribution < -0.4 is 5.73 Å². The Labute approximate surface area is 171 Å². The van der Waals surface area contributed by atoms with Gasteiger partial charge in [-0.3, -0.25) is 9.48 Å². The number of amides is 1. The topological polar surface area (TPSA) is 64.2 Å². The van der Waals surface area contributed by atoms with Gasteiger partial charge in [0, 0.05) is 30.9 Å². The molecule has 1 aromatic heterocycles. The zero-order valence-corrected chi connectivity index (χ0v) is 16.5. The zero-order valence-electron chi connectivity index (χ0n) is 15.7. The second kappa shape index (κ2) is 9.04. The molecule has 2 aromatic carbocycles. The van der Waals surface area contributed by atoms with Crippen molar-refractivity contribution in [3.05, 3.63) is 78.0 Å². The van der Waals surface area contributed by atoms with Crippen molar-refractivity contribution in [1.82, 2.24) is 14.7 Å². The smallest absolute Gasteiger partial charge is 0.257 e. The summed E-state index contributed by atoms with van der Waals surface area (Å²) in [4.78, 5) is 15.1. The van der Waals surface area contributed by atoms with Gasteiger partial charge in [0.15, 0.2) is 0 Å². The highest BCUT2D eigenvalue weighted by atomic mass is 35.5. The van der Waals surface area contributed by atoms with Gasteiger partial charge in [-0.25, -0.2) is 0 Å². The normalized spacial score (nSPS) is 16.5. The molecule has 1 saturated heterocycles. The summed E-state index contributed by atoms with van der Waals surface area (Å²) in [6, 6.07) is 20.1. The van der Waals surface area contributed by atoms with Crippen LogP contribution in [0.25, 0.3) is 11.3 Å². The average molecular weight is 397 g/mol. The maximum absolute atomic E-state index is 13.2. The van der Waals surface area contributed by atoms with Crippen molar-refractivity contribution in [3.8, 4) is 11.3 Å². The molecule has 3 aromatic rings. The quantitative estimate of drug-likeness (QED) is 0.733. The SMILES string of the molecule is Cl.NC1CCCN(C(=O)c2cn(Cc3ccccc3)nc2-c2ccccc2)C1. The van der Waals surface area contributed by atoms with Gasteiger partial charge in [0.05, 0.1) is 12.1 Å². The second-order valence-electron chi connectivity index (χ2n) is 7.09. The van der Waals surface area contributed by atoms with Crippen molar-refractivity contribution >= 4 is 18.3 Å². The molecular weight excluding hydrogens is 372 g/mol. The van der Waals surface area contributed by atoms with Gasteiger partial charge in [0.2, 0.25) is 0 Å². The molecule has 1 fully saturated rings. The third-order valence-electron chi connectivity index (χ3n) is 4.97. The summed E-state index contributed by atoms with van der Waals surface area (Å²) in [6.07, 6.45) is 3.80. The van der Waals surface area contributed by atoms with E-state index >= 15 is 0 Å². The van der Waals surface area contributed by atoms with E-state index in [4.69, 9.17) is 10.8 Å². The van der Waals surface area contributed by atoms with Crippen molar-refractivity contribution in [2.24, 2.45) is 5.73 Å². The van der Waals surface area contributed by atoms with Gasteiger partial charge in [0.1, 0.15) is 5.69 Å². The van der Waals surface area contributed by atoms with Crippen LogP contribution in [-0.4, -0.2) is 39.7 Å². The van der Waals surface area contributed by atoms with E-state index < -0.39 is 0 Å². The fourth-order valence-corrected chi connectivity index (χ4v) is 3.60. The number of benzene rings is 2. The van der Waals surface area contributed by atoms with E-state index in [1.165, 1.54) is 0 Å². The molecular formula is C22H25ClN4O. The number of nitrogens with zero attached hydrogens (tertiary/aromatic N) is 3. The standard InChI is InChI=1S/C22H24N4O.ClH/c23-19-12-7-13-25(15-19)22(27)20-16-26(14-17-8-3-1-4-9-17)24-21(20)18-10-5-2-6-11-18;/h1-6,8-11,16,19H,7,12-15,23H2;1H. The van der Waals surface area contributed by atoms with Crippen LogP contribution in [0.2, 0.25) is 0 Å². The van der Waals surface area contributed by atoms with Gasteiger partial charge in [-0.05, 0) is 18.4 Å². The van der Waals surface area contributed by atoms with Crippen LogP contribution in [0.1, 0.15) is 28.8 Å². The van der Waals surface area contributed by atoms with Crippen molar-refractivity contribution in [2.75, 3.05) is 13.1 Å². The number of rotatable bonds is 4. The van der Waals surface area contributed by atoms with Crippen LogP contribution in [-0.2, 0) is 6.54 Å². The van der Waals surface area contributed by atoms with E-state index in [0.717, 1.165) is 36.2 Å². The first-order chi connectivity index (χ1) is 13.2. The highest BCUT2D eigenvalue weighted by Crippen LogP contribution is 2.25. The first kappa shape index (κ1) is 20.1. The molecule has 28 heavy (non-hydrogen) atoms. The van der Waals surface area contributed by atoms with Gasteiger partial charge >= 0.3 is 0 Å². The number of likely N-dealkylation sites (tertiary alicyclic amines) is 1. The predicted molar refractivity (Wildman–Crippen MR) is 114 cm³/mol. The summed E-state index contributed by atoms with van der Waals surface area (Å²) in [7, 11) is 0. The Bertz CT molecular complexity index is 911. The summed E-state index contributed by atoms with van der Waals surface area (Å²) < 4.78 is 1.86. The van der Waals surface area contributed by atoms with E-state index in [-0.39, 0.29) is 24.4 Å². The number of nitrogens with two attached hydrogens (primary N) is 1. The summed E-state index contributed by atoms with van der Waals surface area (Å²) >= 11 is 0. The van der Waals surface area contributed by atoms with Crippen molar-refractivity contribution in [2.45, 2.75) is 25.4 Å². The van der Waals surface area contributed by atoms with Crippen molar-refractivity contribution in [1.29, 1.82) is 0 Å². The number of hydrogen-bond acceptors (Lipinski definition) is 3. The molecule has 0 aliphatic carbocycles. The molecule has 6 heteroatoms. The van der Waals surface area contributed by atoms with Crippen LogP contribution in [0, 0.1) is 0 Å². The predicted octanol–water partition coefficient (Wildman–Crippen LogP) is 3.58. The Kier molecular flexibility index (Phi) is 6.49. The van der Waals surface area contributed by atoms with Crippen LogP contribution in [0.3, 0.4) is 0 Å². The Balaban J connectivity index is 0.00000225. The summed E-state index contributed by atoms with van der Waals surface area (Å²) in [5, 5.41) is 4.75. The number of halogens is 1. The van der Waals surface area contributed by atoms with Gasteiger partial charge in [-0.1, -0.05) is 60.7 Å². The Morgan fingerprint density at radius 3 is 2.43 bits per heavy atom. The fraction of sp³-hybridized carbons (Fsp3) is 0.273. The lowest BCUT2D eigenvalue weighted by Gasteiger charge is -2.30. The molecule has 2 N–H and O–H groups in total. The third-order valence-corrected chi connectivity index (χ3v) is 4.97. The molecule has 0 spiro atoms. The summed E-state index contributed by atoms with van der Waals surface area (Å²) in [6.45, 7) is 2.00. The minimum absolute atomic E-state index is 0. The molecule has 4 rings (SSSR count). The van der Waals surface area contributed by atoms with E-state index in [2.05, 4.69) is 12.1 Å². The van der Waals surface area contributed by atoms with E-state index in [0.29, 0.717) is 18.7 Å². The second-order valence-corrected chi connectivity index (χ2v) is 7.09. The van der Waals surface area contributed by atoms with Crippen LogP contribution >= 0.6 is 12.4 Å². The van der Waals surface area contributed by atoms with Gasteiger partial charge in [0.25, 0.3) is 5.91 Å². The molecule has 1 atom stereocenters. The largest absolute Gasteiger partial charge is 0.337 e. The van der Waals surface area contributed by atoms with Crippen LogP contribution in [0.15, 0.2) is 66.9 Å². The molecule has 0 bridgehead atoms. The molecule has 5 nitrogen and oxygen atoms in total. The number of hydrogen-bond donors (Lipinski definition) is 1. The minimum Gasteiger partial charge on any atom is -0.337 e. The molecule has 1 aliphatic rings. The first-order valence-electron chi connectivity index (χ1n) is 9.42. The Hall–Kier alpha value is -2.63. The lowest BCUT2D eigenvalue weighted by Crippen LogP contribution is -2.45. The highest BCUT2D eigenvalue weighted by Gasteiger charge is 2.26. The van der Waals surface area contributed by atoms with Crippen LogP contribution in [0.5, 0.6) is 0 Å². The number of carbonyl (C=O) groups is 1. The molecule has 146 valence electrons. The van der Waals surface area contributed by atoms with Crippen molar-refractivity contribution in [3.63, 3.8) is 0 Å². The molecule has 2 heterocycles. The van der Waals surface area contributed by atoms with Crippen molar-refractivity contribution < 1.29 is 4.79 Å². The fourth-order valence-electron chi connectivity index (χ4n) is 3.60. The molecule has 1 aliphatic heterocycles. The minimum atomic E-state index is 0. The number of carbonyl (C=O) groups excluding carboxylic acids is 1. The van der Waals surface area contributed by atoms with E-state index in [9.17, 15) is 4.79 Å². The van der Waals surface area contributed by atoms with Gasteiger partial charge < -0.3 is 10.6 Å². The maximum Gasteiger partial charge on any atom is 0.257 e. The number of piperidine rings is 1.